The van der Waals surface area contributed by atoms with E-state index in [1.165, 1.54) is 25.7 Å². The summed E-state index contributed by atoms with van der Waals surface area (Å²) in [7, 11) is 0. The highest BCUT2D eigenvalue weighted by molar-refractivity contribution is 9.10. The number of anilines is 1. The number of hydrogen-bond acceptors (Lipinski definition) is 3. The van der Waals surface area contributed by atoms with Gasteiger partial charge in [0.25, 0.3) is 0 Å². The van der Waals surface area contributed by atoms with Crippen LogP contribution in [0.15, 0.2) is 33.7 Å². The van der Waals surface area contributed by atoms with Crippen molar-refractivity contribution >= 4 is 27.6 Å². The van der Waals surface area contributed by atoms with Gasteiger partial charge in [-0.3, -0.25) is 4.99 Å². The third-order valence-corrected chi connectivity index (χ3v) is 5.82. The number of nitrogens with zero attached hydrogens (tertiary/aromatic N) is 2. The molecule has 1 saturated carbocycles. The average molecular weight is 350 g/mol. The summed E-state index contributed by atoms with van der Waals surface area (Å²) in [4.78, 5) is 6.96. The predicted molar refractivity (Wildman–Crippen MR) is 92.6 cm³/mol. The lowest BCUT2D eigenvalue weighted by Crippen LogP contribution is -2.59. The summed E-state index contributed by atoms with van der Waals surface area (Å²) in [6.45, 7) is 5.51. The van der Waals surface area contributed by atoms with Crippen molar-refractivity contribution in [3.63, 3.8) is 0 Å². The molecule has 0 amide bonds. The van der Waals surface area contributed by atoms with E-state index in [4.69, 9.17) is 5.73 Å². The minimum Gasteiger partial charge on any atom is -0.369 e. The van der Waals surface area contributed by atoms with E-state index < -0.39 is 0 Å². The van der Waals surface area contributed by atoms with Crippen molar-refractivity contribution in [2.45, 2.75) is 45.1 Å². The van der Waals surface area contributed by atoms with Crippen LogP contribution in [0.4, 0.5) is 5.69 Å². The number of guanidine groups is 1. The van der Waals surface area contributed by atoms with Crippen LogP contribution in [0.25, 0.3) is 0 Å². The number of para-hydroxylation sites is 1. The van der Waals surface area contributed by atoms with Gasteiger partial charge in [-0.15, -0.1) is 0 Å². The van der Waals surface area contributed by atoms with Gasteiger partial charge in [0.1, 0.15) is 0 Å². The van der Waals surface area contributed by atoms with Crippen LogP contribution >= 0.6 is 15.9 Å². The molecule has 2 atom stereocenters. The summed E-state index contributed by atoms with van der Waals surface area (Å²) in [5.41, 5.74) is 7.53. The molecular weight excluding hydrogens is 326 g/mol. The highest BCUT2D eigenvalue weighted by Gasteiger charge is 2.51. The first-order chi connectivity index (χ1) is 10.1. The number of nitrogens with two attached hydrogens (primary N) is 1. The van der Waals surface area contributed by atoms with Crippen LogP contribution in [0.1, 0.15) is 39.5 Å². The van der Waals surface area contributed by atoms with Crippen LogP contribution in [0.5, 0.6) is 0 Å². The summed E-state index contributed by atoms with van der Waals surface area (Å²) in [5, 5.41) is 0. The number of benzene rings is 1. The molecule has 1 aromatic carbocycles. The summed E-state index contributed by atoms with van der Waals surface area (Å²) in [6, 6.07) is 8.35. The lowest BCUT2D eigenvalue weighted by Gasteiger charge is -2.49. The van der Waals surface area contributed by atoms with Crippen molar-refractivity contribution in [1.29, 1.82) is 0 Å². The molecule has 114 valence electrons. The smallest absolute Gasteiger partial charge is 0.196 e. The van der Waals surface area contributed by atoms with Gasteiger partial charge in [-0.05, 0) is 52.7 Å². The fourth-order valence-electron chi connectivity index (χ4n) is 4.26. The lowest BCUT2D eigenvalue weighted by atomic mass is 9.67. The van der Waals surface area contributed by atoms with E-state index in [1.807, 2.05) is 6.07 Å². The molecule has 1 fully saturated rings. The topological polar surface area (TPSA) is 41.6 Å². The maximum absolute atomic E-state index is 6.30. The van der Waals surface area contributed by atoms with Gasteiger partial charge in [0.2, 0.25) is 0 Å². The second-order valence-electron chi connectivity index (χ2n) is 6.66. The van der Waals surface area contributed by atoms with E-state index in [-0.39, 0.29) is 5.54 Å². The molecule has 1 spiro atoms. The molecule has 2 N–H and O–H groups in total. The zero-order valence-electron chi connectivity index (χ0n) is 12.8. The van der Waals surface area contributed by atoms with Crippen molar-refractivity contribution < 1.29 is 0 Å². The molecule has 2 unspecified atom stereocenters. The van der Waals surface area contributed by atoms with Crippen LogP contribution in [-0.4, -0.2) is 18.0 Å². The van der Waals surface area contributed by atoms with E-state index in [1.54, 1.807) is 0 Å². The molecule has 1 aromatic rings. The summed E-state index contributed by atoms with van der Waals surface area (Å²) >= 11 is 3.69. The first-order valence-corrected chi connectivity index (χ1v) is 8.70. The monoisotopic (exact) mass is 349 g/mol. The van der Waals surface area contributed by atoms with Crippen LogP contribution in [0.3, 0.4) is 0 Å². The molecule has 0 radical (unpaired) electrons. The Hall–Kier alpha value is -1.03. The van der Waals surface area contributed by atoms with Crippen molar-refractivity contribution in [2.75, 3.05) is 11.4 Å². The Kier molecular flexibility index (Phi) is 4.00. The Labute approximate surface area is 135 Å². The highest BCUT2D eigenvalue weighted by Crippen LogP contribution is 2.47. The molecular formula is C17H24BrN3. The molecule has 0 bridgehead atoms. The van der Waals surface area contributed by atoms with E-state index in [9.17, 15) is 0 Å². The van der Waals surface area contributed by atoms with Gasteiger partial charge in [0.15, 0.2) is 5.96 Å². The molecule has 3 nitrogen and oxygen atoms in total. The van der Waals surface area contributed by atoms with Crippen LogP contribution in [0, 0.1) is 11.8 Å². The van der Waals surface area contributed by atoms with Crippen molar-refractivity contribution in [3.8, 4) is 0 Å². The maximum atomic E-state index is 6.30. The van der Waals surface area contributed by atoms with Crippen LogP contribution in [0.2, 0.25) is 0 Å². The SMILES string of the molecule is CC(C)C1CCCCC12CN=C(N)N2c1ccccc1Br. The second kappa shape index (κ2) is 5.64. The van der Waals surface area contributed by atoms with Crippen LogP contribution < -0.4 is 10.6 Å². The Bertz CT molecular complexity index is 555. The fourth-order valence-corrected chi connectivity index (χ4v) is 4.72. The van der Waals surface area contributed by atoms with Gasteiger partial charge in [0, 0.05) is 4.47 Å². The Morgan fingerprint density at radius 2 is 2.10 bits per heavy atom. The molecule has 1 aliphatic carbocycles. The number of aliphatic imine (C=N–C) groups is 1. The quantitative estimate of drug-likeness (QED) is 0.870. The maximum Gasteiger partial charge on any atom is 0.196 e. The van der Waals surface area contributed by atoms with Crippen LogP contribution in [-0.2, 0) is 0 Å². The van der Waals surface area contributed by atoms with Gasteiger partial charge in [-0.25, -0.2) is 0 Å². The molecule has 1 heterocycles. The molecule has 1 aliphatic heterocycles. The van der Waals surface area contributed by atoms with Gasteiger partial charge < -0.3 is 10.6 Å². The highest BCUT2D eigenvalue weighted by atomic mass is 79.9. The first kappa shape index (κ1) is 14.9. The van der Waals surface area contributed by atoms with Gasteiger partial charge in [-0.1, -0.05) is 38.8 Å². The molecule has 21 heavy (non-hydrogen) atoms. The minimum atomic E-state index is 0.0698. The van der Waals surface area contributed by atoms with E-state index in [0.29, 0.717) is 17.8 Å². The normalized spacial score (nSPS) is 29.2. The zero-order valence-corrected chi connectivity index (χ0v) is 14.4. The van der Waals surface area contributed by atoms with E-state index >= 15 is 0 Å². The molecule has 0 aromatic heterocycles. The van der Waals surface area contributed by atoms with Crippen molar-refractivity contribution in [3.05, 3.63) is 28.7 Å². The Balaban J connectivity index is 2.07. The van der Waals surface area contributed by atoms with Crippen molar-refractivity contribution in [2.24, 2.45) is 22.6 Å². The van der Waals surface area contributed by atoms with Crippen molar-refractivity contribution in [1.82, 2.24) is 0 Å². The first-order valence-electron chi connectivity index (χ1n) is 7.91. The molecule has 2 aliphatic rings. The molecule has 0 saturated heterocycles. The van der Waals surface area contributed by atoms with E-state index in [0.717, 1.165) is 16.7 Å². The van der Waals surface area contributed by atoms with Gasteiger partial charge >= 0.3 is 0 Å². The third-order valence-electron chi connectivity index (χ3n) is 5.15. The summed E-state index contributed by atoms with van der Waals surface area (Å²) < 4.78 is 1.09. The van der Waals surface area contributed by atoms with Gasteiger partial charge in [-0.2, -0.15) is 0 Å². The number of halogens is 1. The minimum absolute atomic E-state index is 0.0698. The molecule has 3 rings (SSSR count). The second-order valence-corrected chi connectivity index (χ2v) is 7.52. The van der Waals surface area contributed by atoms with Gasteiger partial charge in [0.05, 0.1) is 17.8 Å². The average Bonchev–Trinajstić information content (AvgIpc) is 2.77. The summed E-state index contributed by atoms with van der Waals surface area (Å²) in [6.07, 6.45) is 5.06. The largest absolute Gasteiger partial charge is 0.369 e. The Morgan fingerprint density at radius 3 is 2.81 bits per heavy atom. The number of rotatable bonds is 2. The standard InChI is InChI=1S/C17H24BrN3/c1-12(2)13-7-5-6-10-17(13)11-20-16(19)21(17)15-9-4-3-8-14(15)18/h3-4,8-9,12-13H,5-7,10-11H2,1-2H3,(H2,19,20). The predicted octanol–water partition coefficient (Wildman–Crippen LogP) is 4.17. The van der Waals surface area contributed by atoms with E-state index in [2.05, 4.69) is 57.9 Å². The zero-order chi connectivity index (χ0) is 15.0. The number of hydrogen-bond donors (Lipinski definition) is 1. The Morgan fingerprint density at radius 1 is 1.33 bits per heavy atom. The third kappa shape index (κ3) is 2.37. The lowest BCUT2D eigenvalue weighted by molar-refractivity contribution is 0.156. The fraction of sp³-hybridized carbons (Fsp3) is 0.588. The molecule has 4 heteroatoms. The summed E-state index contributed by atoms with van der Waals surface area (Å²) in [5.74, 6) is 1.97.